The van der Waals surface area contributed by atoms with Gasteiger partial charge < -0.3 is 5.11 Å². The summed E-state index contributed by atoms with van der Waals surface area (Å²) in [5.41, 5.74) is 0.939. The highest BCUT2D eigenvalue weighted by Gasteiger charge is 2.22. The van der Waals surface area contributed by atoms with E-state index in [1.165, 1.54) is 11.4 Å². The van der Waals surface area contributed by atoms with Crippen molar-refractivity contribution >= 4 is 10.0 Å². The molecule has 0 aliphatic carbocycles. The first kappa shape index (κ1) is 14.1. The fraction of sp³-hybridized carbons (Fsp3) is 0.545. The zero-order chi connectivity index (χ0) is 12.9. The van der Waals surface area contributed by atoms with Gasteiger partial charge in [-0.25, -0.2) is 8.42 Å². The van der Waals surface area contributed by atoms with Gasteiger partial charge in [0, 0.05) is 25.5 Å². The quantitative estimate of drug-likeness (QED) is 0.795. The van der Waals surface area contributed by atoms with E-state index in [1.54, 1.807) is 31.5 Å². The SMILES string of the molecule is CC(CO)N(C)S(=O)(=O)CCc1ccncc1. The topological polar surface area (TPSA) is 70.5 Å². The molecule has 1 heterocycles. The smallest absolute Gasteiger partial charge is 0.214 e. The van der Waals surface area contributed by atoms with Gasteiger partial charge in [-0.15, -0.1) is 0 Å². The average molecular weight is 258 g/mol. The van der Waals surface area contributed by atoms with Crippen LogP contribution in [0.25, 0.3) is 0 Å². The molecule has 0 aromatic carbocycles. The van der Waals surface area contributed by atoms with Crippen LogP contribution in [0.15, 0.2) is 24.5 Å². The van der Waals surface area contributed by atoms with E-state index in [-0.39, 0.29) is 12.4 Å². The van der Waals surface area contributed by atoms with Gasteiger partial charge in [0.25, 0.3) is 0 Å². The first-order chi connectivity index (χ1) is 7.97. The van der Waals surface area contributed by atoms with Crippen LogP contribution in [0.2, 0.25) is 0 Å². The molecule has 1 rings (SSSR count). The van der Waals surface area contributed by atoms with E-state index >= 15 is 0 Å². The average Bonchev–Trinajstić information content (AvgIpc) is 2.36. The number of nitrogens with zero attached hydrogens (tertiary/aromatic N) is 2. The van der Waals surface area contributed by atoms with Crippen LogP contribution in [0.1, 0.15) is 12.5 Å². The molecular formula is C11H18N2O3S. The fourth-order valence-corrected chi connectivity index (χ4v) is 2.73. The normalized spacial score (nSPS) is 13.9. The summed E-state index contributed by atoms with van der Waals surface area (Å²) in [7, 11) is -1.83. The third-order valence-corrected chi connectivity index (χ3v) is 4.68. The van der Waals surface area contributed by atoms with Gasteiger partial charge >= 0.3 is 0 Å². The van der Waals surface area contributed by atoms with Crippen LogP contribution in [0.5, 0.6) is 0 Å². The number of aliphatic hydroxyl groups is 1. The number of hydrogen-bond donors (Lipinski definition) is 1. The molecule has 0 spiro atoms. The number of pyridine rings is 1. The van der Waals surface area contributed by atoms with E-state index < -0.39 is 16.1 Å². The molecule has 0 saturated carbocycles. The Morgan fingerprint density at radius 2 is 2.00 bits per heavy atom. The molecule has 0 bridgehead atoms. The summed E-state index contributed by atoms with van der Waals surface area (Å²) >= 11 is 0. The van der Waals surface area contributed by atoms with Gasteiger partial charge in [-0.05, 0) is 31.0 Å². The van der Waals surface area contributed by atoms with Gasteiger partial charge in [0.1, 0.15) is 0 Å². The van der Waals surface area contributed by atoms with Gasteiger partial charge in [0.05, 0.1) is 12.4 Å². The Morgan fingerprint density at radius 1 is 1.41 bits per heavy atom. The van der Waals surface area contributed by atoms with Gasteiger partial charge in [0.2, 0.25) is 10.0 Å². The lowest BCUT2D eigenvalue weighted by atomic mass is 10.2. The second-order valence-corrected chi connectivity index (χ2v) is 6.12. The lowest BCUT2D eigenvalue weighted by Crippen LogP contribution is -2.39. The number of rotatable bonds is 6. The molecule has 17 heavy (non-hydrogen) atoms. The van der Waals surface area contributed by atoms with Crippen molar-refractivity contribution in [1.82, 2.24) is 9.29 Å². The van der Waals surface area contributed by atoms with Crippen molar-refractivity contribution in [3.8, 4) is 0 Å². The minimum absolute atomic E-state index is 0.0395. The Hall–Kier alpha value is -0.980. The standard InChI is InChI=1S/C11H18N2O3S/c1-10(9-14)13(2)17(15,16)8-5-11-3-6-12-7-4-11/h3-4,6-7,10,14H,5,8-9H2,1-2H3. The minimum Gasteiger partial charge on any atom is -0.395 e. The molecule has 0 aliphatic heterocycles. The predicted molar refractivity (Wildman–Crippen MR) is 66.0 cm³/mol. The van der Waals surface area contributed by atoms with Crippen molar-refractivity contribution in [1.29, 1.82) is 0 Å². The van der Waals surface area contributed by atoms with Crippen molar-refractivity contribution in [3.05, 3.63) is 30.1 Å². The molecule has 1 atom stereocenters. The first-order valence-corrected chi connectivity index (χ1v) is 7.03. The maximum Gasteiger partial charge on any atom is 0.214 e. The molecule has 0 radical (unpaired) electrons. The van der Waals surface area contributed by atoms with Crippen molar-refractivity contribution in [2.24, 2.45) is 0 Å². The van der Waals surface area contributed by atoms with E-state index in [9.17, 15) is 8.42 Å². The van der Waals surface area contributed by atoms with Gasteiger partial charge in [0.15, 0.2) is 0 Å². The van der Waals surface area contributed by atoms with Gasteiger partial charge in [-0.1, -0.05) is 0 Å². The Bertz CT molecular complexity index is 433. The molecule has 0 amide bonds. The van der Waals surface area contributed by atoms with Crippen LogP contribution in [0.3, 0.4) is 0 Å². The van der Waals surface area contributed by atoms with Crippen molar-refractivity contribution < 1.29 is 13.5 Å². The zero-order valence-electron chi connectivity index (χ0n) is 10.1. The summed E-state index contributed by atoms with van der Waals surface area (Å²) in [5.74, 6) is 0.0395. The minimum atomic E-state index is -3.32. The number of sulfonamides is 1. The van der Waals surface area contributed by atoms with Crippen molar-refractivity contribution in [2.75, 3.05) is 19.4 Å². The van der Waals surface area contributed by atoms with E-state index in [1.807, 2.05) is 0 Å². The molecular weight excluding hydrogens is 240 g/mol. The first-order valence-electron chi connectivity index (χ1n) is 5.43. The van der Waals surface area contributed by atoms with Crippen LogP contribution in [-0.4, -0.2) is 48.3 Å². The molecule has 0 aliphatic rings. The summed E-state index contributed by atoms with van der Waals surface area (Å²) in [6.45, 7) is 1.50. The Balaban J connectivity index is 2.62. The number of aliphatic hydroxyl groups excluding tert-OH is 1. The molecule has 1 aromatic heterocycles. The van der Waals surface area contributed by atoms with E-state index in [4.69, 9.17) is 5.11 Å². The molecule has 0 fully saturated rings. The monoisotopic (exact) mass is 258 g/mol. The van der Waals surface area contributed by atoms with Crippen LogP contribution < -0.4 is 0 Å². The number of hydrogen-bond acceptors (Lipinski definition) is 4. The van der Waals surface area contributed by atoms with Crippen molar-refractivity contribution in [2.45, 2.75) is 19.4 Å². The summed E-state index contributed by atoms with van der Waals surface area (Å²) in [4.78, 5) is 3.87. The number of aromatic nitrogens is 1. The molecule has 5 nitrogen and oxygen atoms in total. The number of likely N-dealkylation sites (N-methyl/N-ethyl adjacent to an activating group) is 1. The molecule has 0 saturated heterocycles. The van der Waals surface area contributed by atoms with E-state index in [2.05, 4.69) is 4.98 Å². The third kappa shape index (κ3) is 4.07. The third-order valence-electron chi connectivity index (χ3n) is 2.72. The second kappa shape index (κ2) is 6.09. The Morgan fingerprint density at radius 3 is 2.53 bits per heavy atom. The Kier molecular flexibility index (Phi) is 5.04. The van der Waals surface area contributed by atoms with Crippen LogP contribution >= 0.6 is 0 Å². The lowest BCUT2D eigenvalue weighted by Gasteiger charge is -2.22. The summed E-state index contributed by atoms with van der Waals surface area (Å²) in [6.07, 6.45) is 3.73. The largest absolute Gasteiger partial charge is 0.395 e. The zero-order valence-corrected chi connectivity index (χ0v) is 10.9. The second-order valence-electron chi connectivity index (χ2n) is 3.97. The maximum atomic E-state index is 11.9. The highest BCUT2D eigenvalue weighted by molar-refractivity contribution is 7.89. The molecule has 1 N–H and O–H groups in total. The fourth-order valence-electron chi connectivity index (χ4n) is 1.33. The van der Waals surface area contributed by atoms with Gasteiger partial charge in [-0.3, -0.25) is 4.98 Å². The maximum absolute atomic E-state index is 11.9. The van der Waals surface area contributed by atoms with Crippen LogP contribution in [0, 0.1) is 0 Å². The van der Waals surface area contributed by atoms with Crippen molar-refractivity contribution in [3.63, 3.8) is 0 Å². The summed E-state index contributed by atoms with van der Waals surface area (Å²) in [6, 6.07) is 3.20. The van der Waals surface area contributed by atoms with Crippen LogP contribution in [-0.2, 0) is 16.4 Å². The summed E-state index contributed by atoms with van der Waals surface area (Å²) < 4.78 is 25.0. The summed E-state index contributed by atoms with van der Waals surface area (Å²) in [5, 5.41) is 8.94. The highest BCUT2D eigenvalue weighted by Crippen LogP contribution is 2.07. The Labute approximate surface area is 102 Å². The van der Waals surface area contributed by atoms with Crippen LogP contribution in [0.4, 0.5) is 0 Å². The molecule has 1 aromatic rings. The predicted octanol–water partition coefficient (Wildman–Crippen LogP) is 0.266. The van der Waals surface area contributed by atoms with E-state index in [0.29, 0.717) is 6.42 Å². The number of aryl methyl sites for hydroxylation is 1. The van der Waals surface area contributed by atoms with E-state index in [0.717, 1.165) is 5.56 Å². The molecule has 96 valence electrons. The highest BCUT2D eigenvalue weighted by atomic mass is 32.2. The molecule has 1 unspecified atom stereocenters. The molecule has 6 heteroatoms. The van der Waals surface area contributed by atoms with Gasteiger partial charge in [-0.2, -0.15) is 4.31 Å². The lowest BCUT2D eigenvalue weighted by molar-refractivity contribution is 0.214.